The van der Waals surface area contributed by atoms with Crippen LogP contribution in [0.2, 0.25) is 0 Å². The van der Waals surface area contributed by atoms with Gasteiger partial charge in [-0.25, -0.2) is 14.8 Å². The molecule has 29 heavy (non-hydrogen) atoms. The number of hydrogen-bond donors (Lipinski definition) is 3. The summed E-state index contributed by atoms with van der Waals surface area (Å²) in [6.45, 7) is 2.74. The maximum Gasteiger partial charge on any atom is 0.329 e. The molecule has 2 bridgehead atoms. The average molecular weight is 393 g/mol. The molecule has 10 heteroatoms. The highest BCUT2D eigenvalue weighted by molar-refractivity contribution is 5.69. The third kappa shape index (κ3) is 3.17. The zero-order chi connectivity index (χ0) is 20.0. The minimum atomic E-state index is -0.164. The van der Waals surface area contributed by atoms with Crippen molar-refractivity contribution in [1.29, 1.82) is 5.26 Å². The molecular formula is C19H23N9O. The molecule has 0 aromatic carbocycles. The molecule has 0 saturated carbocycles. The fourth-order valence-electron chi connectivity index (χ4n) is 4.91. The van der Waals surface area contributed by atoms with E-state index < -0.39 is 0 Å². The summed E-state index contributed by atoms with van der Waals surface area (Å²) in [4.78, 5) is 27.1. The molecular weight excluding hydrogens is 370 g/mol. The van der Waals surface area contributed by atoms with Gasteiger partial charge in [0.05, 0.1) is 12.3 Å². The first-order valence-corrected chi connectivity index (χ1v) is 10.0. The lowest BCUT2D eigenvalue weighted by Gasteiger charge is -2.38. The predicted molar refractivity (Wildman–Crippen MR) is 107 cm³/mol. The van der Waals surface area contributed by atoms with Crippen molar-refractivity contribution in [3.8, 4) is 6.07 Å². The molecule has 10 nitrogen and oxygen atoms in total. The van der Waals surface area contributed by atoms with E-state index in [1.165, 1.54) is 0 Å². The third-order valence-electron chi connectivity index (χ3n) is 6.09. The van der Waals surface area contributed by atoms with Gasteiger partial charge >= 0.3 is 5.69 Å². The number of nitrogens with one attached hydrogen (secondary N) is 3. The number of nitrogens with zero attached hydrogens (tertiary/aromatic N) is 6. The Morgan fingerprint density at radius 1 is 1.28 bits per heavy atom. The SMILES string of the molecule is Cc1cc(Nc2cnc3[nH]c(=O)n([C@@H]4C[C@H]5CC[C@@H](C4)N5CCC#N)c3n2)n[nH]1. The van der Waals surface area contributed by atoms with Gasteiger partial charge in [0, 0.05) is 42.9 Å². The molecule has 5 rings (SSSR count). The quantitative estimate of drug-likeness (QED) is 0.604. The van der Waals surface area contributed by atoms with Gasteiger partial charge in [0.15, 0.2) is 22.9 Å². The first-order chi connectivity index (χ1) is 14.1. The Balaban J connectivity index is 1.44. The number of aromatic amines is 2. The number of anilines is 2. The normalized spacial score (nSPS) is 24.1. The van der Waals surface area contributed by atoms with Crippen molar-refractivity contribution >= 4 is 22.9 Å². The van der Waals surface area contributed by atoms with Crippen LogP contribution in [0, 0.1) is 18.3 Å². The molecule has 0 aliphatic carbocycles. The van der Waals surface area contributed by atoms with E-state index in [1.54, 1.807) is 10.8 Å². The largest absolute Gasteiger partial charge is 0.329 e. The monoisotopic (exact) mass is 393 g/mol. The molecule has 5 heterocycles. The van der Waals surface area contributed by atoms with Gasteiger partial charge in [0.25, 0.3) is 0 Å². The number of aryl methyl sites for hydroxylation is 1. The van der Waals surface area contributed by atoms with Crippen LogP contribution in [0.4, 0.5) is 11.6 Å². The van der Waals surface area contributed by atoms with Crippen LogP contribution in [0.3, 0.4) is 0 Å². The number of nitriles is 1. The standard InChI is InChI=1S/C19H23N9O/c1-11-7-15(26-25-11)22-16-10-21-17-18(23-16)28(19(29)24-17)14-8-12-3-4-13(9-14)27(12)6-2-5-20/h7,10,12-14H,2-4,6,8-9H2,1H3,(H,21,24,29)(H2,22,23,25,26)/t12-,13+,14-. The minimum absolute atomic E-state index is 0.0873. The second kappa shape index (κ2) is 7.00. The number of rotatable bonds is 5. The molecule has 0 spiro atoms. The van der Waals surface area contributed by atoms with Crippen LogP contribution in [-0.2, 0) is 0 Å². The summed E-state index contributed by atoms with van der Waals surface area (Å²) < 4.78 is 1.77. The van der Waals surface area contributed by atoms with Gasteiger partial charge in [0.2, 0.25) is 0 Å². The van der Waals surface area contributed by atoms with E-state index in [4.69, 9.17) is 5.26 Å². The smallest absolute Gasteiger partial charge is 0.322 e. The van der Waals surface area contributed by atoms with Gasteiger partial charge in [0.1, 0.15) is 0 Å². The highest BCUT2D eigenvalue weighted by atomic mass is 16.1. The van der Waals surface area contributed by atoms with Crippen LogP contribution in [0.5, 0.6) is 0 Å². The van der Waals surface area contributed by atoms with Crippen LogP contribution in [0.25, 0.3) is 11.3 Å². The summed E-state index contributed by atoms with van der Waals surface area (Å²) in [7, 11) is 0. The van der Waals surface area contributed by atoms with E-state index in [9.17, 15) is 4.79 Å². The van der Waals surface area contributed by atoms with Crippen molar-refractivity contribution in [3.05, 3.63) is 28.4 Å². The van der Waals surface area contributed by atoms with Crippen molar-refractivity contribution in [2.24, 2.45) is 0 Å². The topological polar surface area (TPSA) is 131 Å². The van der Waals surface area contributed by atoms with E-state index in [-0.39, 0.29) is 11.7 Å². The van der Waals surface area contributed by atoms with E-state index in [2.05, 4.69) is 41.4 Å². The van der Waals surface area contributed by atoms with Crippen molar-refractivity contribution in [3.63, 3.8) is 0 Å². The molecule has 2 aliphatic heterocycles. The second-order valence-corrected chi connectivity index (χ2v) is 7.94. The zero-order valence-electron chi connectivity index (χ0n) is 16.2. The van der Waals surface area contributed by atoms with Crippen LogP contribution in [0.15, 0.2) is 17.1 Å². The molecule has 3 aromatic rings. The lowest BCUT2D eigenvalue weighted by Crippen LogP contribution is -2.45. The lowest BCUT2D eigenvalue weighted by atomic mass is 9.97. The molecule has 2 aliphatic rings. The van der Waals surface area contributed by atoms with Gasteiger partial charge in [-0.2, -0.15) is 10.4 Å². The Bertz CT molecular complexity index is 1120. The third-order valence-corrected chi connectivity index (χ3v) is 6.09. The van der Waals surface area contributed by atoms with E-state index in [0.29, 0.717) is 41.4 Å². The fourth-order valence-corrected chi connectivity index (χ4v) is 4.91. The van der Waals surface area contributed by atoms with Crippen molar-refractivity contribution in [1.82, 2.24) is 34.6 Å². The molecule has 3 atom stereocenters. The Morgan fingerprint density at radius 2 is 2.07 bits per heavy atom. The molecule has 2 fully saturated rings. The molecule has 3 aromatic heterocycles. The summed E-state index contributed by atoms with van der Waals surface area (Å²) in [6.07, 6.45) is 6.19. The Hall–Kier alpha value is -3.19. The number of imidazole rings is 1. The maximum absolute atomic E-state index is 12.7. The number of fused-ring (bicyclic) bond motifs is 3. The van der Waals surface area contributed by atoms with E-state index in [0.717, 1.165) is 37.9 Å². The molecule has 150 valence electrons. The minimum Gasteiger partial charge on any atom is -0.322 e. The summed E-state index contributed by atoms with van der Waals surface area (Å²) in [5.41, 5.74) is 1.85. The summed E-state index contributed by atoms with van der Waals surface area (Å²) in [5, 5.41) is 19.1. The Morgan fingerprint density at radius 3 is 2.76 bits per heavy atom. The fraction of sp³-hybridized carbons (Fsp3) is 0.526. The van der Waals surface area contributed by atoms with Gasteiger partial charge in [-0.15, -0.1) is 0 Å². The van der Waals surface area contributed by atoms with Gasteiger partial charge in [-0.3, -0.25) is 19.5 Å². The number of H-pyrrole nitrogens is 2. The van der Waals surface area contributed by atoms with Crippen LogP contribution >= 0.6 is 0 Å². The van der Waals surface area contributed by atoms with Crippen LogP contribution in [-0.4, -0.2) is 53.2 Å². The average Bonchev–Trinajstić information content (AvgIpc) is 3.32. The molecule has 0 amide bonds. The van der Waals surface area contributed by atoms with Crippen LogP contribution in [0.1, 0.15) is 43.8 Å². The van der Waals surface area contributed by atoms with E-state index >= 15 is 0 Å². The Kier molecular flexibility index (Phi) is 4.32. The lowest BCUT2D eigenvalue weighted by molar-refractivity contribution is 0.109. The maximum atomic E-state index is 12.7. The molecule has 2 saturated heterocycles. The molecule has 0 unspecified atom stereocenters. The summed E-state index contributed by atoms with van der Waals surface area (Å²) in [5.74, 6) is 1.20. The molecule has 0 radical (unpaired) electrons. The Labute approximate surface area is 167 Å². The molecule has 3 N–H and O–H groups in total. The summed E-state index contributed by atoms with van der Waals surface area (Å²) >= 11 is 0. The zero-order valence-corrected chi connectivity index (χ0v) is 16.2. The van der Waals surface area contributed by atoms with Crippen molar-refractivity contribution in [2.75, 3.05) is 11.9 Å². The second-order valence-electron chi connectivity index (χ2n) is 7.94. The highest BCUT2D eigenvalue weighted by Crippen LogP contribution is 2.41. The van der Waals surface area contributed by atoms with Gasteiger partial charge < -0.3 is 5.32 Å². The van der Waals surface area contributed by atoms with E-state index in [1.807, 2.05) is 13.0 Å². The predicted octanol–water partition coefficient (Wildman–Crippen LogP) is 1.98. The highest BCUT2D eigenvalue weighted by Gasteiger charge is 2.41. The van der Waals surface area contributed by atoms with Gasteiger partial charge in [-0.1, -0.05) is 0 Å². The van der Waals surface area contributed by atoms with Crippen molar-refractivity contribution in [2.45, 2.75) is 57.2 Å². The number of aromatic nitrogens is 6. The first kappa shape index (κ1) is 17.9. The summed E-state index contributed by atoms with van der Waals surface area (Å²) in [6, 6.07) is 5.06. The number of hydrogen-bond acceptors (Lipinski definition) is 7. The number of piperidine rings is 1. The first-order valence-electron chi connectivity index (χ1n) is 10.0. The van der Waals surface area contributed by atoms with Gasteiger partial charge in [-0.05, 0) is 32.6 Å². The van der Waals surface area contributed by atoms with Crippen LogP contribution < -0.4 is 11.0 Å². The van der Waals surface area contributed by atoms with Crippen molar-refractivity contribution < 1.29 is 0 Å².